The lowest BCUT2D eigenvalue weighted by atomic mass is 9.88. The minimum atomic E-state index is -0.0239. The van der Waals surface area contributed by atoms with Gasteiger partial charge in [0.05, 0.1) is 6.54 Å². The standard InChI is InChI=1S/C14H21BrN2O/c1-10(14(2,3)4)16-9-13(18)17-12-7-5-6-11(15)8-12/h5-8,10,16H,9H2,1-4H3,(H,17,18). The molecule has 0 aliphatic carbocycles. The third-order valence-corrected chi connectivity index (χ3v) is 3.47. The zero-order valence-electron chi connectivity index (χ0n) is 11.4. The van der Waals surface area contributed by atoms with Gasteiger partial charge in [0.25, 0.3) is 0 Å². The van der Waals surface area contributed by atoms with Gasteiger partial charge in [-0.3, -0.25) is 4.79 Å². The van der Waals surface area contributed by atoms with E-state index in [0.717, 1.165) is 10.2 Å². The van der Waals surface area contributed by atoms with Crippen molar-refractivity contribution in [1.82, 2.24) is 5.32 Å². The van der Waals surface area contributed by atoms with Gasteiger partial charge in [-0.1, -0.05) is 42.8 Å². The Morgan fingerprint density at radius 3 is 2.61 bits per heavy atom. The Hall–Kier alpha value is -0.870. The molecular weight excluding hydrogens is 292 g/mol. The third-order valence-electron chi connectivity index (χ3n) is 2.98. The fraction of sp³-hybridized carbons (Fsp3) is 0.500. The molecule has 0 heterocycles. The van der Waals surface area contributed by atoms with Crippen molar-refractivity contribution in [3.8, 4) is 0 Å². The molecule has 1 aromatic carbocycles. The summed E-state index contributed by atoms with van der Waals surface area (Å²) < 4.78 is 0.955. The van der Waals surface area contributed by atoms with Crippen LogP contribution in [-0.4, -0.2) is 18.5 Å². The molecule has 3 nitrogen and oxygen atoms in total. The SMILES string of the molecule is CC(NCC(=O)Nc1cccc(Br)c1)C(C)(C)C. The number of nitrogens with one attached hydrogen (secondary N) is 2. The molecule has 100 valence electrons. The minimum absolute atomic E-state index is 0.0239. The predicted molar refractivity (Wildman–Crippen MR) is 79.7 cm³/mol. The highest BCUT2D eigenvalue weighted by Crippen LogP contribution is 2.18. The molecule has 0 spiro atoms. The van der Waals surface area contributed by atoms with E-state index in [9.17, 15) is 4.79 Å². The Bertz CT molecular complexity index is 413. The average molecular weight is 313 g/mol. The van der Waals surface area contributed by atoms with E-state index in [0.29, 0.717) is 6.54 Å². The lowest BCUT2D eigenvalue weighted by Crippen LogP contribution is -2.41. The largest absolute Gasteiger partial charge is 0.325 e. The molecule has 0 bridgehead atoms. The van der Waals surface area contributed by atoms with Crippen molar-refractivity contribution in [2.24, 2.45) is 5.41 Å². The second kappa shape index (κ2) is 6.34. The predicted octanol–water partition coefficient (Wildman–Crippen LogP) is 3.41. The molecule has 0 radical (unpaired) electrons. The zero-order valence-corrected chi connectivity index (χ0v) is 13.0. The average Bonchev–Trinajstić information content (AvgIpc) is 2.24. The van der Waals surface area contributed by atoms with Crippen molar-refractivity contribution in [1.29, 1.82) is 0 Å². The van der Waals surface area contributed by atoms with Gasteiger partial charge in [0, 0.05) is 16.2 Å². The van der Waals surface area contributed by atoms with Gasteiger partial charge in [-0.05, 0) is 30.5 Å². The van der Waals surface area contributed by atoms with Crippen molar-refractivity contribution in [3.05, 3.63) is 28.7 Å². The number of benzene rings is 1. The number of rotatable bonds is 4. The Kier molecular flexibility index (Phi) is 5.35. The molecule has 0 saturated carbocycles. The molecule has 1 unspecified atom stereocenters. The summed E-state index contributed by atoms with van der Waals surface area (Å²) in [6.07, 6.45) is 0. The number of anilines is 1. The molecule has 1 aromatic rings. The van der Waals surface area contributed by atoms with Crippen LogP contribution in [0.3, 0.4) is 0 Å². The molecule has 0 aromatic heterocycles. The second-order valence-corrected chi connectivity index (χ2v) is 6.44. The van der Waals surface area contributed by atoms with Crippen LogP contribution in [0, 0.1) is 5.41 Å². The smallest absolute Gasteiger partial charge is 0.238 e. The Morgan fingerprint density at radius 2 is 2.06 bits per heavy atom. The fourth-order valence-electron chi connectivity index (χ4n) is 1.32. The van der Waals surface area contributed by atoms with Gasteiger partial charge in [-0.15, -0.1) is 0 Å². The lowest BCUT2D eigenvalue weighted by Gasteiger charge is -2.27. The van der Waals surface area contributed by atoms with Crippen molar-refractivity contribution in [2.45, 2.75) is 33.7 Å². The quantitative estimate of drug-likeness (QED) is 0.894. The maximum atomic E-state index is 11.8. The van der Waals surface area contributed by atoms with Crippen molar-refractivity contribution < 1.29 is 4.79 Å². The minimum Gasteiger partial charge on any atom is -0.325 e. The van der Waals surface area contributed by atoms with E-state index >= 15 is 0 Å². The normalized spacial score (nSPS) is 13.2. The first kappa shape index (κ1) is 15.2. The highest BCUT2D eigenvalue weighted by Gasteiger charge is 2.19. The molecule has 1 atom stereocenters. The molecule has 0 aliphatic rings. The van der Waals surface area contributed by atoms with Crippen LogP contribution >= 0.6 is 15.9 Å². The number of hydrogen-bond acceptors (Lipinski definition) is 2. The topological polar surface area (TPSA) is 41.1 Å². The van der Waals surface area contributed by atoms with Crippen LogP contribution in [0.4, 0.5) is 5.69 Å². The molecule has 0 fully saturated rings. The van der Waals surface area contributed by atoms with Gasteiger partial charge in [0.1, 0.15) is 0 Å². The second-order valence-electron chi connectivity index (χ2n) is 5.53. The van der Waals surface area contributed by atoms with Gasteiger partial charge in [0.2, 0.25) is 5.91 Å². The van der Waals surface area contributed by atoms with E-state index in [4.69, 9.17) is 0 Å². The maximum Gasteiger partial charge on any atom is 0.238 e. The van der Waals surface area contributed by atoms with E-state index in [1.165, 1.54) is 0 Å². The van der Waals surface area contributed by atoms with Gasteiger partial charge >= 0.3 is 0 Å². The van der Waals surface area contributed by atoms with Crippen LogP contribution in [0.1, 0.15) is 27.7 Å². The van der Waals surface area contributed by atoms with E-state index in [2.05, 4.69) is 54.3 Å². The first-order chi connectivity index (χ1) is 8.29. The van der Waals surface area contributed by atoms with Gasteiger partial charge in [-0.25, -0.2) is 0 Å². The van der Waals surface area contributed by atoms with E-state index in [-0.39, 0.29) is 17.4 Å². The number of halogens is 1. The number of amides is 1. The maximum absolute atomic E-state index is 11.8. The van der Waals surface area contributed by atoms with E-state index in [1.54, 1.807) is 0 Å². The Morgan fingerprint density at radius 1 is 1.39 bits per heavy atom. The molecular formula is C14H21BrN2O. The Balaban J connectivity index is 2.43. The Labute approximate surface area is 117 Å². The number of hydrogen-bond donors (Lipinski definition) is 2. The third kappa shape index (κ3) is 5.19. The molecule has 0 aliphatic heterocycles. The van der Waals surface area contributed by atoms with Crippen LogP contribution in [0.15, 0.2) is 28.7 Å². The molecule has 18 heavy (non-hydrogen) atoms. The highest BCUT2D eigenvalue weighted by atomic mass is 79.9. The first-order valence-electron chi connectivity index (χ1n) is 6.08. The highest BCUT2D eigenvalue weighted by molar-refractivity contribution is 9.10. The summed E-state index contributed by atoms with van der Waals surface area (Å²) >= 11 is 3.37. The molecule has 2 N–H and O–H groups in total. The van der Waals surface area contributed by atoms with Gasteiger partial charge < -0.3 is 10.6 Å². The lowest BCUT2D eigenvalue weighted by molar-refractivity contribution is -0.115. The van der Waals surface area contributed by atoms with Crippen LogP contribution in [-0.2, 0) is 4.79 Å². The van der Waals surface area contributed by atoms with Crippen LogP contribution in [0.25, 0.3) is 0 Å². The fourth-order valence-corrected chi connectivity index (χ4v) is 1.72. The summed E-state index contributed by atoms with van der Waals surface area (Å²) in [5, 5.41) is 6.09. The summed E-state index contributed by atoms with van der Waals surface area (Å²) in [5.74, 6) is -0.0239. The molecule has 0 saturated heterocycles. The zero-order chi connectivity index (χ0) is 13.8. The summed E-state index contributed by atoms with van der Waals surface area (Å²) in [6, 6.07) is 7.85. The van der Waals surface area contributed by atoms with Crippen molar-refractivity contribution in [2.75, 3.05) is 11.9 Å². The number of carbonyl (C=O) groups is 1. The van der Waals surface area contributed by atoms with Gasteiger partial charge in [0.15, 0.2) is 0 Å². The van der Waals surface area contributed by atoms with Crippen molar-refractivity contribution in [3.63, 3.8) is 0 Å². The van der Waals surface area contributed by atoms with E-state index < -0.39 is 0 Å². The van der Waals surface area contributed by atoms with Crippen molar-refractivity contribution >= 4 is 27.5 Å². The van der Waals surface area contributed by atoms with Crippen LogP contribution < -0.4 is 10.6 Å². The molecule has 1 rings (SSSR count). The summed E-state index contributed by atoms with van der Waals surface area (Å²) in [4.78, 5) is 11.8. The summed E-state index contributed by atoms with van der Waals surface area (Å²) in [7, 11) is 0. The monoisotopic (exact) mass is 312 g/mol. The van der Waals surface area contributed by atoms with Crippen LogP contribution in [0.5, 0.6) is 0 Å². The van der Waals surface area contributed by atoms with Gasteiger partial charge in [-0.2, -0.15) is 0 Å². The van der Waals surface area contributed by atoms with Crippen LogP contribution in [0.2, 0.25) is 0 Å². The molecule has 4 heteroatoms. The summed E-state index contributed by atoms with van der Waals surface area (Å²) in [6.45, 7) is 8.86. The number of carbonyl (C=O) groups excluding carboxylic acids is 1. The van der Waals surface area contributed by atoms with E-state index in [1.807, 2.05) is 24.3 Å². The summed E-state index contributed by atoms with van der Waals surface area (Å²) in [5.41, 5.74) is 0.954. The first-order valence-corrected chi connectivity index (χ1v) is 6.87. The molecule has 1 amide bonds.